The molecule has 1 N–H and O–H groups in total. The van der Waals surface area contributed by atoms with Gasteiger partial charge >= 0.3 is 5.97 Å². The molecule has 7 heteroatoms. The number of carboxylic acids is 1. The molecule has 2 rings (SSSR count). The maximum Gasteiger partial charge on any atom is 0.303 e. The summed E-state index contributed by atoms with van der Waals surface area (Å²) in [6, 6.07) is 4.92. The first-order valence-corrected chi connectivity index (χ1v) is 7.56. The Labute approximate surface area is 110 Å². The van der Waals surface area contributed by atoms with Crippen LogP contribution in [0.4, 0.5) is 0 Å². The summed E-state index contributed by atoms with van der Waals surface area (Å²) in [6.45, 7) is 0. The van der Waals surface area contributed by atoms with Crippen LogP contribution in [0.15, 0.2) is 23.1 Å². The number of nitrogens with zero attached hydrogens (tertiary/aromatic N) is 2. The first kappa shape index (κ1) is 13.5. The maximum absolute atomic E-state index is 11.7. The highest BCUT2D eigenvalue weighted by Gasteiger charge is 2.17. The van der Waals surface area contributed by atoms with Gasteiger partial charge in [0.1, 0.15) is 11.3 Å². The molecule has 0 fully saturated rings. The highest BCUT2D eigenvalue weighted by molar-refractivity contribution is 7.91. The van der Waals surface area contributed by atoms with Crippen molar-refractivity contribution >= 4 is 26.8 Å². The van der Waals surface area contributed by atoms with Gasteiger partial charge in [-0.1, -0.05) is 6.07 Å². The Kier molecular flexibility index (Phi) is 3.32. The van der Waals surface area contributed by atoms with Gasteiger partial charge in [0, 0.05) is 19.7 Å². The van der Waals surface area contributed by atoms with E-state index >= 15 is 0 Å². The zero-order chi connectivity index (χ0) is 14.2. The molecule has 0 aliphatic carbocycles. The summed E-state index contributed by atoms with van der Waals surface area (Å²) in [5, 5.41) is 8.69. The average molecular weight is 282 g/mol. The van der Waals surface area contributed by atoms with Crippen LogP contribution in [0.1, 0.15) is 12.2 Å². The number of sulfone groups is 1. The molecular formula is C12H14N2O4S. The number of hydrogen-bond donors (Lipinski definition) is 1. The van der Waals surface area contributed by atoms with Crippen LogP contribution in [0, 0.1) is 0 Å². The van der Waals surface area contributed by atoms with Crippen LogP contribution >= 0.6 is 0 Å². The van der Waals surface area contributed by atoms with Gasteiger partial charge in [-0.3, -0.25) is 4.79 Å². The molecule has 0 spiro atoms. The summed E-state index contributed by atoms with van der Waals surface area (Å²) in [5.74, 6) is -0.344. The van der Waals surface area contributed by atoms with Crippen LogP contribution in [0.3, 0.4) is 0 Å². The third-order valence-corrected chi connectivity index (χ3v) is 4.06. The predicted octanol–water partition coefficient (Wildman–Crippen LogP) is 0.994. The van der Waals surface area contributed by atoms with Crippen molar-refractivity contribution in [3.63, 3.8) is 0 Å². The highest BCUT2D eigenvalue weighted by atomic mass is 32.2. The SMILES string of the molecule is Cn1c(CCC(=O)O)nc2c(S(C)(=O)=O)cccc21. The summed E-state index contributed by atoms with van der Waals surface area (Å²) in [5.41, 5.74) is 1.08. The standard InChI is InChI=1S/C12H14N2O4S/c1-14-8-4-3-5-9(19(2,17)18)12(8)13-10(14)6-7-11(15)16/h3-5H,6-7H2,1-2H3,(H,15,16). The first-order valence-electron chi connectivity index (χ1n) is 5.67. The Bertz CT molecular complexity index is 746. The molecule has 2 aromatic rings. The quantitative estimate of drug-likeness (QED) is 0.903. The minimum atomic E-state index is -3.36. The van der Waals surface area contributed by atoms with E-state index < -0.39 is 15.8 Å². The van der Waals surface area contributed by atoms with Gasteiger partial charge in [-0.05, 0) is 12.1 Å². The average Bonchev–Trinajstić information content (AvgIpc) is 2.62. The van der Waals surface area contributed by atoms with Crippen LogP contribution < -0.4 is 0 Å². The Hall–Kier alpha value is -1.89. The van der Waals surface area contributed by atoms with Crippen LogP contribution in [0.25, 0.3) is 11.0 Å². The van der Waals surface area contributed by atoms with Gasteiger partial charge in [0.05, 0.1) is 16.8 Å². The molecule has 1 aromatic heterocycles. The third-order valence-electron chi connectivity index (χ3n) is 2.93. The number of rotatable bonds is 4. The van der Waals surface area contributed by atoms with E-state index in [0.29, 0.717) is 16.9 Å². The molecule has 0 unspecified atom stereocenters. The van der Waals surface area contributed by atoms with E-state index in [-0.39, 0.29) is 17.7 Å². The lowest BCUT2D eigenvalue weighted by molar-refractivity contribution is -0.137. The molecular weight excluding hydrogens is 268 g/mol. The van der Waals surface area contributed by atoms with E-state index in [4.69, 9.17) is 5.11 Å². The fraction of sp³-hybridized carbons (Fsp3) is 0.333. The van der Waals surface area contributed by atoms with Crippen molar-refractivity contribution in [1.82, 2.24) is 9.55 Å². The van der Waals surface area contributed by atoms with E-state index in [1.807, 2.05) is 0 Å². The number of aromatic nitrogens is 2. The number of benzene rings is 1. The van der Waals surface area contributed by atoms with E-state index in [2.05, 4.69) is 4.98 Å². The third kappa shape index (κ3) is 2.60. The number of fused-ring (bicyclic) bond motifs is 1. The topological polar surface area (TPSA) is 89.3 Å². The molecule has 0 aliphatic rings. The number of carboxylic acid groups (broad SMARTS) is 1. The summed E-state index contributed by atoms with van der Waals surface area (Å²) in [7, 11) is -1.61. The molecule has 6 nitrogen and oxygen atoms in total. The van der Waals surface area contributed by atoms with Gasteiger partial charge in [0.15, 0.2) is 9.84 Å². The van der Waals surface area contributed by atoms with Gasteiger partial charge in [-0.25, -0.2) is 13.4 Å². The van der Waals surface area contributed by atoms with E-state index in [1.54, 1.807) is 23.7 Å². The van der Waals surface area contributed by atoms with Gasteiger partial charge < -0.3 is 9.67 Å². The Morgan fingerprint density at radius 3 is 2.68 bits per heavy atom. The van der Waals surface area contributed by atoms with Crippen molar-refractivity contribution < 1.29 is 18.3 Å². The van der Waals surface area contributed by atoms with Crippen molar-refractivity contribution in [1.29, 1.82) is 0 Å². The minimum absolute atomic E-state index is 0.0363. The van der Waals surface area contributed by atoms with Gasteiger partial charge in [0.2, 0.25) is 0 Å². The first-order chi connectivity index (χ1) is 8.80. The van der Waals surface area contributed by atoms with E-state index in [0.717, 1.165) is 6.26 Å². The number of para-hydroxylation sites is 1. The molecule has 0 saturated heterocycles. The van der Waals surface area contributed by atoms with Crippen molar-refractivity contribution in [2.75, 3.05) is 6.26 Å². The maximum atomic E-state index is 11.7. The van der Waals surface area contributed by atoms with E-state index in [1.165, 1.54) is 6.07 Å². The molecule has 102 valence electrons. The molecule has 1 heterocycles. The van der Waals surface area contributed by atoms with Crippen molar-refractivity contribution in [2.45, 2.75) is 17.7 Å². The normalized spacial score (nSPS) is 11.9. The lowest BCUT2D eigenvalue weighted by Gasteiger charge is -2.00. The smallest absolute Gasteiger partial charge is 0.303 e. The van der Waals surface area contributed by atoms with E-state index in [9.17, 15) is 13.2 Å². The van der Waals surface area contributed by atoms with Crippen LogP contribution in [0.2, 0.25) is 0 Å². The highest BCUT2D eigenvalue weighted by Crippen LogP contribution is 2.23. The Morgan fingerprint density at radius 1 is 1.42 bits per heavy atom. The molecule has 0 amide bonds. The summed E-state index contributed by atoms with van der Waals surface area (Å²) in [4.78, 5) is 15.0. The van der Waals surface area contributed by atoms with Gasteiger partial charge in [-0.2, -0.15) is 0 Å². The minimum Gasteiger partial charge on any atom is -0.481 e. The largest absolute Gasteiger partial charge is 0.481 e. The molecule has 19 heavy (non-hydrogen) atoms. The second-order valence-corrected chi connectivity index (χ2v) is 6.36. The second-order valence-electron chi connectivity index (χ2n) is 4.38. The predicted molar refractivity (Wildman–Crippen MR) is 69.8 cm³/mol. The lowest BCUT2D eigenvalue weighted by atomic mass is 10.3. The summed E-state index contributed by atoms with van der Waals surface area (Å²) in [6.07, 6.45) is 1.36. The molecule has 0 radical (unpaired) electrons. The van der Waals surface area contributed by atoms with Crippen LogP contribution in [-0.2, 0) is 28.1 Å². The van der Waals surface area contributed by atoms with Crippen LogP contribution in [-0.4, -0.2) is 35.3 Å². The summed E-state index contributed by atoms with van der Waals surface area (Å²) >= 11 is 0. The number of aryl methyl sites for hydroxylation is 2. The number of imidazole rings is 1. The lowest BCUT2D eigenvalue weighted by Crippen LogP contribution is -2.03. The molecule has 0 saturated carbocycles. The number of aliphatic carboxylic acids is 1. The monoisotopic (exact) mass is 282 g/mol. The number of hydrogen-bond acceptors (Lipinski definition) is 4. The van der Waals surface area contributed by atoms with Crippen LogP contribution in [0.5, 0.6) is 0 Å². The fourth-order valence-corrected chi connectivity index (χ4v) is 2.81. The molecule has 0 atom stereocenters. The van der Waals surface area contributed by atoms with Crippen molar-refractivity contribution in [3.05, 3.63) is 24.0 Å². The van der Waals surface area contributed by atoms with Crippen molar-refractivity contribution in [2.24, 2.45) is 7.05 Å². The zero-order valence-electron chi connectivity index (χ0n) is 10.6. The van der Waals surface area contributed by atoms with Crippen molar-refractivity contribution in [3.8, 4) is 0 Å². The second kappa shape index (κ2) is 4.65. The molecule has 1 aromatic carbocycles. The Morgan fingerprint density at radius 2 is 2.11 bits per heavy atom. The molecule has 0 bridgehead atoms. The number of carbonyl (C=O) groups is 1. The summed E-state index contributed by atoms with van der Waals surface area (Å²) < 4.78 is 25.1. The molecule has 0 aliphatic heterocycles. The Balaban J connectivity index is 2.60. The zero-order valence-corrected chi connectivity index (χ0v) is 11.4. The van der Waals surface area contributed by atoms with Gasteiger partial charge in [-0.15, -0.1) is 0 Å². The van der Waals surface area contributed by atoms with Gasteiger partial charge in [0.25, 0.3) is 0 Å². The fourth-order valence-electron chi connectivity index (χ4n) is 1.98.